The highest BCUT2D eigenvalue weighted by Crippen LogP contribution is 2.21. The maximum atomic E-state index is 12.9. The highest BCUT2D eigenvalue weighted by atomic mass is 19.1. The molecule has 0 bridgehead atoms. The predicted octanol–water partition coefficient (Wildman–Crippen LogP) is 3.77. The topological polar surface area (TPSA) is 50.2 Å². The lowest BCUT2D eigenvalue weighted by molar-refractivity contribution is 0.165. The minimum atomic E-state index is -0.263. The third-order valence-electron chi connectivity index (χ3n) is 4.98. The highest BCUT2D eigenvalue weighted by Gasteiger charge is 2.23. The molecule has 2 heterocycles. The van der Waals surface area contributed by atoms with Crippen LogP contribution in [-0.4, -0.2) is 33.6 Å². The van der Waals surface area contributed by atoms with E-state index in [1.54, 1.807) is 12.1 Å². The molecule has 1 aromatic carbocycles. The Kier molecular flexibility index (Phi) is 5.91. The van der Waals surface area contributed by atoms with Crippen molar-refractivity contribution < 1.29 is 9.18 Å². The van der Waals surface area contributed by atoms with Crippen LogP contribution in [0, 0.1) is 11.7 Å². The lowest BCUT2D eigenvalue weighted by Gasteiger charge is -2.32. The van der Waals surface area contributed by atoms with Crippen LogP contribution in [0.3, 0.4) is 0 Å². The van der Waals surface area contributed by atoms with Crippen molar-refractivity contribution in [1.29, 1.82) is 0 Å². The van der Waals surface area contributed by atoms with Gasteiger partial charge in [0.05, 0.1) is 0 Å². The number of aromatic nitrogens is 2. The summed E-state index contributed by atoms with van der Waals surface area (Å²) in [5, 5.41) is 2.92. The number of urea groups is 1. The van der Waals surface area contributed by atoms with E-state index in [1.807, 2.05) is 11.1 Å². The molecular weight excluding hydrogens is 331 g/mol. The first-order chi connectivity index (χ1) is 12.5. The summed E-state index contributed by atoms with van der Waals surface area (Å²) >= 11 is 0. The number of carbonyl (C=O) groups is 1. The molecule has 5 nitrogen and oxygen atoms in total. The van der Waals surface area contributed by atoms with Crippen LogP contribution in [0.25, 0.3) is 0 Å². The first kappa shape index (κ1) is 18.4. The minimum Gasteiger partial charge on any atom is -0.334 e. The lowest BCUT2D eigenvalue weighted by atomic mass is 9.96. The third kappa shape index (κ3) is 4.62. The number of imidazole rings is 1. The van der Waals surface area contributed by atoms with Gasteiger partial charge in [0.15, 0.2) is 0 Å². The van der Waals surface area contributed by atoms with Crippen LogP contribution in [-0.2, 0) is 13.1 Å². The van der Waals surface area contributed by atoms with Gasteiger partial charge in [0, 0.05) is 44.5 Å². The number of carbonyl (C=O) groups excluding carboxylic acids is 1. The van der Waals surface area contributed by atoms with Gasteiger partial charge in [-0.2, -0.15) is 0 Å². The second-order valence-electron chi connectivity index (χ2n) is 7.31. The molecule has 0 radical (unpaired) electrons. The maximum absolute atomic E-state index is 12.9. The van der Waals surface area contributed by atoms with Gasteiger partial charge in [0.2, 0.25) is 0 Å². The summed E-state index contributed by atoms with van der Waals surface area (Å²) in [6.07, 6.45) is 5.92. The molecule has 1 N–H and O–H groups in total. The van der Waals surface area contributed by atoms with Crippen LogP contribution < -0.4 is 5.32 Å². The molecule has 1 aliphatic rings. The molecule has 26 heavy (non-hydrogen) atoms. The normalized spacial score (nSPS) is 15.5. The number of rotatable bonds is 5. The van der Waals surface area contributed by atoms with Gasteiger partial charge >= 0.3 is 6.03 Å². The van der Waals surface area contributed by atoms with Crippen LogP contribution in [0.2, 0.25) is 0 Å². The molecule has 2 amide bonds. The van der Waals surface area contributed by atoms with Crippen molar-refractivity contribution in [2.45, 2.75) is 45.7 Å². The van der Waals surface area contributed by atoms with Crippen molar-refractivity contribution in [3.63, 3.8) is 0 Å². The fourth-order valence-electron chi connectivity index (χ4n) is 3.46. The fourth-order valence-corrected chi connectivity index (χ4v) is 3.46. The van der Waals surface area contributed by atoms with Crippen LogP contribution in [0.5, 0.6) is 0 Å². The van der Waals surface area contributed by atoms with E-state index >= 15 is 0 Å². The average molecular weight is 358 g/mol. The van der Waals surface area contributed by atoms with Gasteiger partial charge in [-0.15, -0.1) is 0 Å². The number of hydrogen-bond acceptors (Lipinski definition) is 2. The Hall–Kier alpha value is -2.37. The number of amides is 2. The van der Waals surface area contributed by atoms with Crippen molar-refractivity contribution >= 4 is 6.03 Å². The molecule has 0 atom stereocenters. The van der Waals surface area contributed by atoms with Gasteiger partial charge in [0.25, 0.3) is 0 Å². The van der Waals surface area contributed by atoms with Crippen molar-refractivity contribution in [1.82, 2.24) is 19.8 Å². The average Bonchev–Trinajstić information content (AvgIpc) is 3.10. The molecule has 1 saturated heterocycles. The summed E-state index contributed by atoms with van der Waals surface area (Å²) in [5.74, 6) is 1.86. The minimum absolute atomic E-state index is 0.0433. The van der Waals surface area contributed by atoms with Crippen molar-refractivity contribution in [3.05, 3.63) is 53.9 Å². The summed E-state index contributed by atoms with van der Waals surface area (Å²) in [7, 11) is 0. The molecule has 2 aromatic rings. The second kappa shape index (κ2) is 8.34. The van der Waals surface area contributed by atoms with Gasteiger partial charge in [-0.1, -0.05) is 26.0 Å². The number of halogens is 1. The SMILES string of the molecule is CC(C)c1nccn1CC1CCN(C(=O)NCc2ccc(F)cc2)CC1. The van der Waals surface area contributed by atoms with E-state index in [-0.39, 0.29) is 11.8 Å². The summed E-state index contributed by atoms with van der Waals surface area (Å²) in [5.41, 5.74) is 0.899. The Morgan fingerprint density at radius 2 is 1.96 bits per heavy atom. The smallest absolute Gasteiger partial charge is 0.317 e. The number of piperidine rings is 1. The zero-order valence-electron chi connectivity index (χ0n) is 15.5. The largest absolute Gasteiger partial charge is 0.334 e. The van der Waals surface area contributed by atoms with Gasteiger partial charge in [-0.25, -0.2) is 14.2 Å². The van der Waals surface area contributed by atoms with E-state index in [2.05, 4.69) is 34.9 Å². The van der Waals surface area contributed by atoms with Crippen molar-refractivity contribution in [2.75, 3.05) is 13.1 Å². The van der Waals surface area contributed by atoms with Crippen LogP contribution in [0.4, 0.5) is 9.18 Å². The summed E-state index contributed by atoms with van der Waals surface area (Å²) in [6.45, 7) is 7.25. The maximum Gasteiger partial charge on any atom is 0.317 e. The Morgan fingerprint density at radius 3 is 2.62 bits per heavy atom. The van der Waals surface area contributed by atoms with Gasteiger partial charge in [-0.05, 0) is 36.5 Å². The number of nitrogens with zero attached hydrogens (tertiary/aromatic N) is 3. The molecule has 3 rings (SSSR count). The standard InChI is InChI=1S/C20H27FN4O/c1-15(2)19-22-9-12-25(19)14-17-7-10-24(11-8-17)20(26)23-13-16-3-5-18(21)6-4-16/h3-6,9,12,15,17H,7-8,10-11,13-14H2,1-2H3,(H,23,26). The Bertz CT molecular complexity index is 718. The van der Waals surface area contributed by atoms with Crippen LogP contribution >= 0.6 is 0 Å². The van der Waals surface area contributed by atoms with E-state index < -0.39 is 0 Å². The molecular formula is C20H27FN4O. The Balaban J connectivity index is 1.45. The lowest BCUT2D eigenvalue weighted by Crippen LogP contribution is -2.44. The van der Waals surface area contributed by atoms with E-state index in [0.717, 1.165) is 43.9 Å². The van der Waals surface area contributed by atoms with Gasteiger partial charge in [0.1, 0.15) is 11.6 Å². The summed E-state index contributed by atoms with van der Waals surface area (Å²) in [4.78, 5) is 18.7. The molecule has 140 valence electrons. The number of hydrogen-bond donors (Lipinski definition) is 1. The molecule has 1 aliphatic heterocycles. The van der Waals surface area contributed by atoms with Gasteiger partial charge < -0.3 is 14.8 Å². The summed E-state index contributed by atoms with van der Waals surface area (Å²) < 4.78 is 15.2. The fraction of sp³-hybridized carbons (Fsp3) is 0.500. The Morgan fingerprint density at radius 1 is 1.27 bits per heavy atom. The van der Waals surface area contributed by atoms with Crippen molar-refractivity contribution in [2.24, 2.45) is 5.92 Å². The number of benzene rings is 1. The molecule has 6 heteroatoms. The molecule has 0 aliphatic carbocycles. The molecule has 0 unspecified atom stereocenters. The molecule has 1 fully saturated rings. The number of nitrogens with one attached hydrogen (secondary N) is 1. The second-order valence-corrected chi connectivity index (χ2v) is 7.31. The quantitative estimate of drug-likeness (QED) is 0.885. The highest BCUT2D eigenvalue weighted by molar-refractivity contribution is 5.74. The van der Waals surface area contributed by atoms with Crippen LogP contribution in [0.15, 0.2) is 36.7 Å². The molecule has 1 aromatic heterocycles. The molecule has 0 spiro atoms. The Labute approximate surface area is 154 Å². The van der Waals surface area contributed by atoms with Crippen molar-refractivity contribution in [3.8, 4) is 0 Å². The monoisotopic (exact) mass is 358 g/mol. The predicted molar refractivity (Wildman–Crippen MR) is 99.2 cm³/mol. The first-order valence-electron chi connectivity index (χ1n) is 9.31. The summed E-state index contributed by atoms with van der Waals surface area (Å²) in [6, 6.07) is 6.17. The zero-order valence-corrected chi connectivity index (χ0v) is 15.5. The molecule has 0 saturated carbocycles. The van der Waals surface area contributed by atoms with Gasteiger partial charge in [-0.3, -0.25) is 0 Å². The van der Waals surface area contributed by atoms with E-state index in [9.17, 15) is 9.18 Å². The van der Waals surface area contributed by atoms with E-state index in [1.165, 1.54) is 12.1 Å². The van der Waals surface area contributed by atoms with E-state index in [0.29, 0.717) is 18.4 Å². The van der Waals surface area contributed by atoms with E-state index in [4.69, 9.17) is 0 Å². The zero-order chi connectivity index (χ0) is 18.5. The first-order valence-corrected chi connectivity index (χ1v) is 9.31. The number of likely N-dealkylation sites (tertiary alicyclic amines) is 1. The third-order valence-corrected chi connectivity index (χ3v) is 4.98. The van der Waals surface area contributed by atoms with Crippen LogP contribution in [0.1, 0.15) is 44.0 Å².